The number of benzene rings is 1. The van der Waals surface area contributed by atoms with Gasteiger partial charge in [-0.15, -0.1) is 0 Å². The molecule has 0 atom stereocenters. The molecule has 3 rings (SSSR count). The van der Waals surface area contributed by atoms with E-state index in [1.165, 1.54) is 11.5 Å². The third-order valence-electron chi connectivity index (χ3n) is 2.68. The number of aromatic nitrogens is 1. The molecule has 86 valence electrons. The summed E-state index contributed by atoms with van der Waals surface area (Å²) in [5.74, 6) is 0. The lowest BCUT2D eigenvalue weighted by molar-refractivity contribution is -0.108. The smallest absolute Gasteiger partial charge is 0.216 e. The van der Waals surface area contributed by atoms with Gasteiger partial charge in [-0.1, -0.05) is 30.3 Å². The van der Waals surface area contributed by atoms with E-state index in [1.54, 1.807) is 4.90 Å². The van der Waals surface area contributed by atoms with Gasteiger partial charge >= 0.3 is 0 Å². The van der Waals surface area contributed by atoms with E-state index in [0.717, 1.165) is 28.2 Å². The second-order valence-electron chi connectivity index (χ2n) is 3.73. The normalized spacial score (nSPS) is 14.5. The van der Waals surface area contributed by atoms with Crippen LogP contribution < -0.4 is 4.90 Å². The van der Waals surface area contributed by atoms with Crippen molar-refractivity contribution < 1.29 is 9.53 Å². The summed E-state index contributed by atoms with van der Waals surface area (Å²) in [5.41, 5.74) is 2.97. The number of fused-ring (bicyclic) bond motifs is 1. The Hall–Kier alpha value is -1.72. The molecule has 0 aliphatic carbocycles. The van der Waals surface area contributed by atoms with Gasteiger partial charge in [0.2, 0.25) is 6.41 Å². The Balaban J connectivity index is 2.09. The molecule has 17 heavy (non-hydrogen) atoms. The Morgan fingerprint density at radius 1 is 1.35 bits per heavy atom. The molecule has 4 nitrogen and oxygen atoms in total. The zero-order valence-corrected chi connectivity index (χ0v) is 9.81. The van der Waals surface area contributed by atoms with E-state index in [9.17, 15) is 4.79 Å². The third-order valence-corrected chi connectivity index (χ3v) is 3.61. The molecule has 1 aliphatic rings. The molecule has 1 aliphatic heterocycles. The van der Waals surface area contributed by atoms with E-state index in [0.29, 0.717) is 13.3 Å². The minimum atomic E-state index is 0.312. The number of nitrogens with zero attached hydrogens (tertiary/aromatic N) is 2. The van der Waals surface area contributed by atoms with Crippen LogP contribution in [0, 0.1) is 0 Å². The largest absolute Gasteiger partial charge is 0.356 e. The fourth-order valence-electron chi connectivity index (χ4n) is 1.86. The molecule has 0 bridgehead atoms. The number of carbonyl (C=O) groups excluding carboxylic acids is 1. The second kappa shape index (κ2) is 4.27. The van der Waals surface area contributed by atoms with Crippen LogP contribution in [0.25, 0.3) is 11.3 Å². The van der Waals surface area contributed by atoms with Gasteiger partial charge in [-0.2, -0.15) is 4.37 Å². The van der Waals surface area contributed by atoms with Crippen LogP contribution in [-0.2, 0) is 16.1 Å². The van der Waals surface area contributed by atoms with Crippen LogP contribution in [0.2, 0.25) is 0 Å². The van der Waals surface area contributed by atoms with Crippen LogP contribution in [0.4, 0.5) is 5.00 Å². The van der Waals surface area contributed by atoms with Crippen molar-refractivity contribution in [3.63, 3.8) is 0 Å². The minimum absolute atomic E-state index is 0.312. The topological polar surface area (TPSA) is 42.4 Å². The summed E-state index contributed by atoms with van der Waals surface area (Å²) < 4.78 is 9.81. The maximum absolute atomic E-state index is 10.9. The van der Waals surface area contributed by atoms with Gasteiger partial charge in [-0.25, -0.2) is 0 Å². The summed E-state index contributed by atoms with van der Waals surface area (Å²) in [7, 11) is 0. The van der Waals surface area contributed by atoms with Crippen LogP contribution >= 0.6 is 11.5 Å². The molecular formula is C12H10N2O2S. The first kappa shape index (κ1) is 10.4. The SMILES string of the molecule is O=CN1COCc2c(-c3ccccc3)nsc21. The quantitative estimate of drug-likeness (QED) is 0.763. The molecule has 0 saturated carbocycles. The van der Waals surface area contributed by atoms with Crippen molar-refractivity contribution in [1.29, 1.82) is 0 Å². The monoisotopic (exact) mass is 246 g/mol. The van der Waals surface area contributed by atoms with E-state index in [4.69, 9.17) is 4.74 Å². The highest BCUT2D eigenvalue weighted by Gasteiger charge is 2.23. The van der Waals surface area contributed by atoms with Crippen LogP contribution in [0.3, 0.4) is 0 Å². The van der Waals surface area contributed by atoms with Gasteiger partial charge in [-0.3, -0.25) is 9.69 Å². The molecule has 0 spiro atoms. The van der Waals surface area contributed by atoms with Crippen molar-refractivity contribution in [3.8, 4) is 11.3 Å². The number of rotatable bonds is 2. The summed E-state index contributed by atoms with van der Waals surface area (Å²) in [5, 5.41) is 0.894. The van der Waals surface area contributed by atoms with Crippen LogP contribution in [-0.4, -0.2) is 17.5 Å². The van der Waals surface area contributed by atoms with Gasteiger partial charge in [0.1, 0.15) is 11.7 Å². The zero-order chi connectivity index (χ0) is 11.7. The lowest BCUT2D eigenvalue weighted by Gasteiger charge is -2.22. The predicted molar refractivity (Wildman–Crippen MR) is 65.7 cm³/mol. The molecule has 2 aromatic rings. The molecule has 0 N–H and O–H groups in total. The summed E-state index contributed by atoms with van der Waals surface area (Å²) in [6.07, 6.45) is 0.783. The summed E-state index contributed by atoms with van der Waals surface area (Å²) in [6, 6.07) is 9.94. The van der Waals surface area contributed by atoms with Gasteiger partial charge in [0, 0.05) is 11.1 Å². The molecule has 0 unspecified atom stereocenters. The second-order valence-corrected chi connectivity index (χ2v) is 4.49. The summed E-state index contributed by atoms with van der Waals surface area (Å²) >= 11 is 1.34. The third kappa shape index (κ3) is 1.73. The van der Waals surface area contributed by atoms with Crippen LogP contribution in [0.1, 0.15) is 5.56 Å². The molecule has 1 aromatic heterocycles. The van der Waals surface area contributed by atoms with E-state index in [2.05, 4.69) is 4.37 Å². The Bertz CT molecular complexity index is 539. The van der Waals surface area contributed by atoms with Gasteiger partial charge in [0.15, 0.2) is 0 Å². The average Bonchev–Trinajstić information content (AvgIpc) is 2.83. The lowest BCUT2D eigenvalue weighted by Crippen LogP contribution is -2.28. The van der Waals surface area contributed by atoms with Crippen molar-refractivity contribution in [3.05, 3.63) is 35.9 Å². The first-order valence-corrected chi connectivity index (χ1v) is 6.01. The molecule has 0 fully saturated rings. The van der Waals surface area contributed by atoms with Crippen LogP contribution in [0.5, 0.6) is 0 Å². The first-order valence-electron chi connectivity index (χ1n) is 5.24. The number of ether oxygens (including phenoxy) is 1. The fraction of sp³-hybridized carbons (Fsp3) is 0.167. The standard InChI is InChI=1S/C12H10N2O2S/c15-7-14-8-16-6-10-11(13-17-12(10)14)9-4-2-1-3-5-9/h1-5,7H,6,8H2. The van der Waals surface area contributed by atoms with Crippen molar-refractivity contribution in [2.75, 3.05) is 11.6 Å². The van der Waals surface area contributed by atoms with Gasteiger partial charge in [0.25, 0.3) is 0 Å². The van der Waals surface area contributed by atoms with E-state index < -0.39 is 0 Å². The first-order chi connectivity index (χ1) is 8.40. The number of hydrogen-bond acceptors (Lipinski definition) is 4. The van der Waals surface area contributed by atoms with Gasteiger partial charge in [0.05, 0.1) is 12.3 Å². The fourth-order valence-corrected chi connectivity index (χ4v) is 2.72. The summed E-state index contributed by atoms with van der Waals surface area (Å²) in [4.78, 5) is 12.4. The Kier molecular flexibility index (Phi) is 2.62. The number of amides is 1. The van der Waals surface area contributed by atoms with Gasteiger partial charge < -0.3 is 4.74 Å². The molecule has 2 heterocycles. The zero-order valence-electron chi connectivity index (χ0n) is 9.00. The van der Waals surface area contributed by atoms with Crippen molar-refractivity contribution in [1.82, 2.24) is 4.37 Å². The number of hydrogen-bond donors (Lipinski definition) is 0. The molecule has 5 heteroatoms. The molecule has 0 saturated heterocycles. The van der Waals surface area contributed by atoms with Crippen LogP contribution in [0.15, 0.2) is 30.3 Å². The van der Waals surface area contributed by atoms with Crippen molar-refractivity contribution >= 4 is 22.9 Å². The van der Waals surface area contributed by atoms with E-state index in [1.807, 2.05) is 30.3 Å². The highest BCUT2D eigenvalue weighted by Crippen LogP contribution is 2.37. The maximum Gasteiger partial charge on any atom is 0.216 e. The van der Waals surface area contributed by atoms with E-state index in [-0.39, 0.29) is 0 Å². The number of anilines is 1. The molecule has 0 radical (unpaired) electrons. The maximum atomic E-state index is 10.9. The summed E-state index contributed by atoms with van der Waals surface area (Å²) in [6.45, 7) is 0.827. The molecule has 1 aromatic carbocycles. The highest BCUT2D eigenvalue weighted by atomic mass is 32.1. The average molecular weight is 246 g/mol. The Labute approximate surface area is 103 Å². The number of carbonyl (C=O) groups is 1. The minimum Gasteiger partial charge on any atom is -0.356 e. The molecular weight excluding hydrogens is 236 g/mol. The Morgan fingerprint density at radius 3 is 2.94 bits per heavy atom. The van der Waals surface area contributed by atoms with Gasteiger partial charge in [-0.05, 0) is 11.5 Å². The lowest BCUT2D eigenvalue weighted by atomic mass is 10.1. The van der Waals surface area contributed by atoms with Crippen molar-refractivity contribution in [2.45, 2.75) is 6.61 Å². The highest BCUT2D eigenvalue weighted by molar-refractivity contribution is 7.10. The van der Waals surface area contributed by atoms with E-state index >= 15 is 0 Å². The molecule has 1 amide bonds. The Morgan fingerprint density at radius 2 is 2.18 bits per heavy atom. The van der Waals surface area contributed by atoms with Crippen molar-refractivity contribution in [2.24, 2.45) is 0 Å². The predicted octanol–water partition coefficient (Wildman–Crippen LogP) is 2.26.